The van der Waals surface area contributed by atoms with Gasteiger partial charge in [-0.1, -0.05) is 38.3 Å². The molecule has 1 atom stereocenters. The number of hydrogen-bond acceptors (Lipinski definition) is 4. The van der Waals surface area contributed by atoms with Gasteiger partial charge in [0.25, 0.3) is 0 Å². The maximum atomic E-state index is 6.20. The molecule has 1 unspecified atom stereocenters. The van der Waals surface area contributed by atoms with Crippen LogP contribution in [0.3, 0.4) is 0 Å². The average Bonchev–Trinajstić information content (AvgIpc) is 2.68. The van der Waals surface area contributed by atoms with Crippen molar-refractivity contribution >= 4 is 0 Å². The SMILES string of the molecule is CCCCCC(C)(N)c1noc(CCC)n1. The van der Waals surface area contributed by atoms with Crippen molar-refractivity contribution in [3.63, 3.8) is 0 Å². The average molecular weight is 225 g/mol. The molecule has 0 saturated carbocycles. The van der Waals surface area contributed by atoms with Crippen LogP contribution in [-0.2, 0) is 12.0 Å². The number of hydrogen-bond donors (Lipinski definition) is 1. The van der Waals surface area contributed by atoms with Gasteiger partial charge in [-0.05, 0) is 19.8 Å². The van der Waals surface area contributed by atoms with Crippen LogP contribution in [0.2, 0.25) is 0 Å². The van der Waals surface area contributed by atoms with Gasteiger partial charge in [0.15, 0.2) is 5.82 Å². The standard InChI is InChI=1S/C12H23N3O/c1-4-6-7-9-12(3,13)11-14-10(8-5-2)16-15-11/h4-9,13H2,1-3H3. The van der Waals surface area contributed by atoms with Crippen molar-refractivity contribution in [1.29, 1.82) is 0 Å². The van der Waals surface area contributed by atoms with E-state index < -0.39 is 5.54 Å². The van der Waals surface area contributed by atoms with E-state index in [-0.39, 0.29) is 0 Å². The third-order valence-corrected chi connectivity index (χ3v) is 2.74. The molecule has 0 saturated heterocycles. The fourth-order valence-corrected chi connectivity index (χ4v) is 1.66. The summed E-state index contributed by atoms with van der Waals surface area (Å²) in [5.74, 6) is 1.34. The minimum atomic E-state index is -0.454. The third kappa shape index (κ3) is 3.59. The highest BCUT2D eigenvalue weighted by Crippen LogP contribution is 2.21. The van der Waals surface area contributed by atoms with Crippen molar-refractivity contribution in [2.24, 2.45) is 5.73 Å². The minimum absolute atomic E-state index is 0.454. The summed E-state index contributed by atoms with van der Waals surface area (Å²) >= 11 is 0. The van der Waals surface area contributed by atoms with Crippen LogP contribution in [0.4, 0.5) is 0 Å². The van der Waals surface area contributed by atoms with Crippen LogP contribution in [0.15, 0.2) is 4.52 Å². The maximum Gasteiger partial charge on any atom is 0.226 e. The molecule has 0 amide bonds. The predicted molar refractivity (Wildman–Crippen MR) is 64.0 cm³/mol. The maximum absolute atomic E-state index is 6.20. The summed E-state index contributed by atoms with van der Waals surface area (Å²) in [5.41, 5.74) is 5.75. The molecule has 1 rings (SSSR count). The van der Waals surface area contributed by atoms with Gasteiger partial charge in [0.2, 0.25) is 5.89 Å². The quantitative estimate of drug-likeness (QED) is 0.725. The van der Waals surface area contributed by atoms with Gasteiger partial charge in [-0.15, -0.1) is 0 Å². The molecule has 0 bridgehead atoms. The largest absolute Gasteiger partial charge is 0.339 e. The summed E-state index contributed by atoms with van der Waals surface area (Å²) in [5, 5.41) is 3.97. The fraction of sp³-hybridized carbons (Fsp3) is 0.833. The van der Waals surface area contributed by atoms with E-state index in [0.717, 1.165) is 25.7 Å². The molecule has 16 heavy (non-hydrogen) atoms. The van der Waals surface area contributed by atoms with Crippen LogP contribution in [0, 0.1) is 0 Å². The van der Waals surface area contributed by atoms with E-state index in [0.29, 0.717) is 11.7 Å². The van der Waals surface area contributed by atoms with Crippen LogP contribution >= 0.6 is 0 Å². The Labute approximate surface area is 97.6 Å². The van der Waals surface area contributed by atoms with Crippen LogP contribution in [-0.4, -0.2) is 10.1 Å². The predicted octanol–water partition coefficient (Wildman–Crippen LogP) is 2.78. The Kier molecular flexibility index (Phi) is 4.93. The molecule has 0 spiro atoms. The third-order valence-electron chi connectivity index (χ3n) is 2.74. The van der Waals surface area contributed by atoms with Crippen molar-refractivity contribution in [3.8, 4) is 0 Å². The molecule has 0 radical (unpaired) electrons. The lowest BCUT2D eigenvalue weighted by Crippen LogP contribution is -2.34. The highest BCUT2D eigenvalue weighted by molar-refractivity contribution is 5.01. The van der Waals surface area contributed by atoms with Crippen LogP contribution in [0.25, 0.3) is 0 Å². The van der Waals surface area contributed by atoms with Gasteiger partial charge in [-0.3, -0.25) is 0 Å². The lowest BCUT2D eigenvalue weighted by atomic mass is 9.95. The second-order valence-corrected chi connectivity index (χ2v) is 4.64. The Morgan fingerprint density at radius 1 is 1.25 bits per heavy atom. The summed E-state index contributed by atoms with van der Waals surface area (Å²) in [6.07, 6.45) is 6.26. The zero-order valence-electron chi connectivity index (χ0n) is 10.6. The van der Waals surface area contributed by atoms with Gasteiger partial charge in [0.1, 0.15) is 0 Å². The Morgan fingerprint density at radius 2 is 2.00 bits per heavy atom. The first-order valence-electron chi connectivity index (χ1n) is 6.22. The summed E-state index contributed by atoms with van der Waals surface area (Å²) in [7, 11) is 0. The molecule has 2 N–H and O–H groups in total. The van der Waals surface area contributed by atoms with E-state index in [1.54, 1.807) is 0 Å². The number of aromatic nitrogens is 2. The van der Waals surface area contributed by atoms with Crippen molar-refractivity contribution < 1.29 is 4.52 Å². The summed E-state index contributed by atoms with van der Waals surface area (Å²) in [6.45, 7) is 6.25. The Hall–Kier alpha value is -0.900. The zero-order valence-corrected chi connectivity index (χ0v) is 10.6. The molecule has 1 heterocycles. The lowest BCUT2D eigenvalue weighted by molar-refractivity contribution is 0.343. The number of unbranched alkanes of at least 4 members (excludes halogenated alkanes) is 2. The van der Waals surface area contributed by atoms with Gasteiger partial charge in [-0.25, -0.2) is 0 Å². The second-order valence-electron chi connectivity index (χ2n) is 4.64. The molecule has 0 fully saturated rings. The van der Waals surface area contributed by atoms with Gasteiger partial charge in [-0.2, -0.15) is 4.98 Å². The van der Waals surface area contributed by atoms with Crippen LogP contribution in [0.5, 0.6) is 0 Å². The lowest BCUT2D eigenvalue weighted by Gasteiger charge is -2.19. The Balaban J connectivity index is 2.58. The molecule has 1 aromatic heterocycles. The molecule has 0 aliphatic rings. The Morgan fingerprint density at radius 3 is 2.62 bits per heavy atom. The van der Waals surface area contributed by atoms with Crippen LogP contribution < -0.4 is 5.73 Å². The Bertz CT molecular complexity index is 307. The minimum Gasteiger partial charge on any atom is -0.339 e. The number of rotatable bonds is 7. The molecule has 0 aromatic carbocycles. The van der Waals surface area contributed by atoms with Gasteiger partial charge >= 0.3 is 0 Å². The highest BCUT2D eigenvalue weighted by Gasteiger charge is 2.26. The number of nitrogens with zero attached hydrogens (tertiary/aromatic N) is 2. The van der Waals surface area contributed by atoms with E-state index in [2.05, 4.69) is 24.0 Å². The smallest absolute Gasteiger partial charge is 0.226 e. The first kappa shape index (κ1) is 13.2. The molecular weight excluding hydrogens is 202 g/mol. The van der Waals surface area contributed by atoms with Gasteiger partial charge in [0.05, 0.1) is 5.54 Å². The fourth-order valence-electron chi connectivity index (χ4n) is 1.66. The molecule has 92 valence electrons. The van der Waals surface area contributed by atoms with Crippen molar-refractivity contribution in [2.45, 2.75) is 64.8 Å². The molecule has 4 heteroatoms. The molecular formula is C12H23N3O. The van der Waals surface area contributed by atoms with Crippen molar-refractivity contribution in [2.75, 3.05) is 0 Å². The number of nitrogens with two attached hydrogens (primary N) is 1. The summed E-state index contributed by atoms with van der Waals surface area (Å²) in [4.78, 5) is 4.35. The molecule has 0 aliphatic heterocycles. The van der Waals surface area contributed by atoms with E-state index >= 15 is 0 Å². The van der Waals surface area contributed by atoms with Crippen molar-refractivity contribution in [1.82, 2.24) is 10.1 Å². The first-order valence-corrected chi connectivity index (χ1v) is 6.22. The first-order chi connectivity index (χ1) is 7.60. The van der Waals surface area contributed by atoms with Gasteiger partial charge < -0.3 is 10.3 Å². The summed E-state index contributed by atoms with van der Waals surface area (Å²) in [6, 6.07) is 0. The summed E-state index contributed by atoms with van der Waals surface area (Å²) < 4.78 is 5.16. The topological polar surface area (TPSA) is 64.9 Å². The van der Waals surface area contributed by atoms with E-state index in [1.165, 1.54) is 12.8 Å². The van der Waals surface area contributed by atoms with E-state index in [1.807, 2.05) is 6.92 Å². The number of aryl methyl sites for hydroxylation is 1. The van der Waals surface area contributed by atoms with Crippen molar-refractivity contribution in [3.05, 3.63) is 11.7 Å². The molecule has 0 aliphatic carbocycles. The normalized spacial score (nSPS) is 15.0. The molecule has 4 nitrogen and oxygen atoms in total. The van der Waals surface area contributed by atoms with Crippen LogP contribution in [0.1, 0.15) is 64.6 Å². The molecule has 1 aromatic rings. The highest BCUT2D eigenvalue weighted by atomic mass is 16.5. The zero-order chi connectivity index (χ0) is 12.0. The monoisotopic (exact) mass is 225 g/mol. The van der Waals surface area contributed by atoms with E-state index in [4.69, 9.17) is 10.3 Å². The second kappa shape index (κ2) is 5.99. The van der Waals surface area contributed by atoms with E-state index in [9.17, 15) is 0 Å². The van der Waals surface area contributed by atoms with Gasteiger partial charge in [0, 0.05) is 6.42 Å².